The van der Waals surface area contributed by atoms with Crippen molar-refractivity contribution in [1.82, 2.24) is 0 Å². The van der Waals surface area contributed by atoms with E-state index in [4.69, 9.17) is 10.8 Å². The minimum Gasteiger partial charge on any atom is -0.392 e. The number of hydrogen-bond donors (Lipinski definition) is 2. The number of aliphatic hydroxyl groups is 1. The molecule has 0 aromatic heterocycles. The number of nitrogens with two attached hydrogens (primary N) is 1. The Balaban J connectivity index is 2.28. The van der Waals surface area contributed by atoms with E-state index in [2.05, 4.69) is 0 Å². The Kier molecular flexibility index (Phi) is 1.86. The summed E-state index contributed by atoms with van der Waals surface area (Å²) in [6, 6.07) is 0.0590. The van der Waals surface area contributed by atoms with E-state index < -0.39 is 0 Å². The molecule has 1 unspecified atom stereocenters. The maximum atomic E-state index is 9.05. The maximum absolute atomic E-state index is 9.05. The monoisotopic (exact) mass is 115 g/mol. The van der Waals surface area contributed by atoms with Crippen LogP contribution in [0.3, 0.4) is 0 Å². The highest BCUT2D eigenvalue weighted by molar-refractivity contribution is 4.76. The SMILES string of the molecule is N[C@H]1CCCCC1O. The summed E-state index contributed by atoms with van der Waals surface area (Å²) in [5.41, 5.74) is 5.53. The third-order valence-electron chi connectivity index (χ3n) is 1.78. The van der Waals surface area contributed by atoms with Crippen molar-refractivity contribution in [3.05, 3.63) is 0 Å². The van der Waals surface area contributed by atoms with Gasteiger partial charge in [-0.25, -0.2) is 0 Å². The molecule has 0 aliphatic heterocycles. The molecule has 1 rings (SSSR count). The van der Waals surface area contributed by atoms with Crippen molar-refractivity contribution < 1.29 is 5.11 Å². The maximum Gasteiger partial charge on any atom is 0.0691 e. The smallest absolute Gasteiger partial charge is 0.0691 e. The molecule has 1 saturated carbocycles. The van der Waals surface area contributed by atoms with Crippen LogP contribution in [0.2, 0.25) is 0 Å². The van der Waals surface area contributed by atoms with Crippen molar-refractivity contribution in [3.63, 3.8) is 0 Å². The molecule has 2 heteroatoms. The predicted octanol–water partition coefficient (Wildman–Crippen LogP) is 0.249. The summed E-state index contributed by atoms with van der Waals surface area (Å²) in [6.07, 6.45) is 4.03. The number of rotatable bonds is 0. The summed E-state index contributed by atoms with van der Waals surface area (Å²) in [4.78, 5) is 0. The van der Waals surface area contributed by atoms with Crippen LogP contribution in [0.4, 0.5) is 0 Å². The Morgan fingerprint density at radius 2 is 1.88 bits per heavy atom. The molecule has 48 valence electrons. The second-order valence-electron chi connectivity index (χ2n) is 2.52. The summed E-state index contributed by atoms with van der Waals surface area (Å²) >= 11 is 0. The second kappa shape index (κ2) is 2.46. The fourth-order valence-corrected chi connectivity index (χ4v) is 1.14. The van der Waals surface area contributed by atoms with E-state index in [9.17, 15) is 0 Å². The van der Waals surface area contributed by atoms with Crippen LogP contribution in [-0.4, -0.2) is 17.3 Å². The zero-order valence-corrected chi connectivity index (χ0v) is 5.01. The van der Waals surface area contributed by atoms with Gasteiger partial charge in [0, 0.05) is 6.04 Å². The molecule has 0 spiro atoms. The van der Waals surface area contributed by atoms with Gasteiger partial charge in [0.15, 0.2) is 0 Å². The first-order chi connectivity index (χ1) is 3.80. The molecule has 0 radical (unpaired) electrons. The Hall–Kier alpha value is -0.0800. The predicted molar refractivity (Wildman–Crippen MR) is 32.5 cm³/mol. The lowest BCUT2D eigenvalue weighted by Gasteiger charge is -2.23. The minimum atomic E-state index is -0.219. The normalized spacial score (nSPS) is 39.8. The van der Waals surface area contributed by atoms with E-state index in [1.165, 1.54) is 6.42 Å². The molecule has 0 bridgehead atoms. The van der Waals surface area contributed by atoms with Gasteiger partial charge in [0.05, 0.1) is 6.10 Å². The largest absolute Gasteiger partial charge is 0.392 e. The Morgan fingerprint density at radius 1 is 1.25 bits per heavy atom. The second-order valence-corrected chi connectivity index (χ2v) is 2.52. The summed E-state index contributed by atoms with van der Waals surface area (Å²) < 4.78 is 0. The molecule has 0 heterocycles. The molecule has 0 amide bonds. The summed E-state index contributed by atoms with van der Waals surface area (Å²) in [7, 11) is 0. The molecule has 0 saturated heterocycles. The van der Waals surface area contributed by atoms with E-state index in [0.29, 0.717) is 0 Å². The zero-order valence-electron chi connectivity index (χ0n) is 5.01. The molecule has 0 aromatic rings. The molecule has 2 atom stereocenters. The molecular formula is C6H13NO. The molecular weight excluding hydrogens is 102 g/mol. The van der Waals surface area contributed by atoms with Gasteiger partial charge in [-0.05, 0) is 12.8 Å². The van der Waals surface area contributed by atoms with Crippen LogP contribution in [0.5, 0.6) is 0 Å². The van der Waals surface area contributed by atoms with Crippen LogP contribution in [0.1, 0.15) is 25.7 Å². The van der Waals surface area contributed by atoms with E-state index in [-0.39, 0.29) is 12.1 Å². The van der Waals surface area contributed by atoms with Crippen molar-refractivity contribution in [2.45, 2.75) is 37.8 Å². The van der Waals surface area contributed by atoms with Gasteiger partial charge in [-0.3, -0.25) is 0 Å². The highest BCUT2D eigenvalue weighted by Gasteiger charge is 2.17. The molecule has 0 aromatic carbocycles. The zero-order chi connectivity index (χ0) is 5.98. The first-order valence-electron chi connectivity index (χ1n) is 3.24. The van der Waals surface area contributed by atoms with Gasteiger partial charge in [0.25, 0.3) is 0 Å². The number of aliphatic hydroxyl groups excluding tert-OH is 1. The fraction of sp³-hybridized carbons (Fsp3) is 1.00. The minimum absolute atomic E-state index is 0.0590. The summed E-state index contributed by atoms with van der Waals surface area (Å²) in [6.45, 7) is 0. The summed E-state index contributed by atoms with van der Waals surface area (Å²) in [5.74, 6) is 0. The standard InChI is InChI=1S/C6H13NO/c7-5-3-1-2-4-6(5)8/h5-6,8H,1-4,7H2/t5-,6?/m0/s1. The van der Waals surface area contributed by atoms with Crippen molar-refractivity contribution in [2.75, 3.05) is 0 Å². The molecule has 3 N–H and O–H groups in total. The van der Waals surface area contributed by atoms with Crippen LogP contribution >= 0.6 is 0 Å². The average molecular weight is 115 g/mol. The highest BCUT2D eigenvalue weighted by Crippen LogP contribution is 2.15. The third-order valence-corrected chi connectivity index (χ3v) is 1.78. The van der Waals surface area contributed by atoms with Crippen LogP contribution in [-0.2, 0) is 0 Å². The van der Waals surface area contributed by atoms with Gasteiger partial charge in [0.2, 0.25) is 0 Å². The first kappa shape index (κ1) is 6.05. The van der Waals surface area contributed by atoms with E-state index >= 15 is 0 Å². The Morgan fingerprint density at radius 3 is 2.25 bits per heavy atom. The summed E-state index contributed by atoms with van der Waals surface area (Å²) in [5, 5.41) is 9.05. The van der Waals surface area contributed by atoms with Crippen molar-refractivity contribution >= 4 is 0 Å². The van der Waals surface area contributed by atoms with Crippen molar-refractivity contribution in [3.8, 4) is 0 Å². The fourth-order valence-electron chi connectivity index (χ4n) is 1.14. The van der Waals surface area contributed by atoms with Gasteiger partial charge in [-0.2, -0.15) is 0 Å². The molecule has 2 nitrogen and oxygen atoms in total. The molecule has 8 heavy (non-hydrogen) atoms. The topological polar surface area (TPSA) is 46.2 Å². The van der Waals surface area contributed by atoms with Gasteiger partial charge in [0.1, 0.15) is 0 Å². The first-order valence-corrected chi connectivity index (χ1v) is 3.24. The van der Waals surface area contributed by atoms with Crippen LogP contribution in [0.15, 0.2) is 0 Å². The van der Waals surface area contributed by atoms with E-state index in [0.717, 1.165) is 19.3 Å². The van der Waals surface area contributed by atoms with Crippen molar-refractivity contribution in [2.24, 2.45) is 5.73 Å². The number of hydrogen-bond acceptors (Lipinski definition) is 2. The van der Waals surface area contributed by atoms with E-state index in [1.54, 1.807) is 0 Å². The third kappa shape index (κ3) is 1.20. The van der Waals surface area contributed by atoms with Gasteiger partial charge in [-0.1, -0.05) is 12.8 Å². The van der Waals surface area contributed by atoms with E-state index in [1.807, 2.05) is 0 Å². The Bertz CT molecular complexity index is 64.9. The van der Waals surface area contributed by atoms with Gasteiger partial charge >= 0.3 is 0 Å². The van der Waals surface area contributed by atoms with Crippen LogP contribution in [0, 0.1) is 0 Å². The molecule has 1 fully saturated rings. The molecule has 1 aliphatic carbocycles. The van der Waals surface area contributed by atoms with Crippen molar-refractivity contribution in [1.29, 1.82) is 0 Å². The Labute approximate surface area is 49.7 Å². The quantitative estimate of drug-likeness (QED) is 0.475. The van der Waals surface area contributed by atoms with Gasteiger partial charge < -0.3 is 10.8 Å². The average Bonchev–Trinajstić information content (AvgIpc) is 1.77. The lowest BCUT2D eigenvalue weighted by molar-refractivity contribution is 0.108. The molecule has 1 aliphatic rings. The lowest BCUT2D eigenvalue weighted by Crippen LogP contribution is -2.37. The highest BCUT2D eigenvalue weighted by atomic mass is 16.3. The van der Waals surface area contributed by atoms with Crippen LogP contribution in [0.25, 0.3) is 0 Å². The van der Waals surface area contributed by atoms with Crippen LogP contribution < -0.4 is 5.73 Å². The lowest BCUT2D eigenvalue weighted by atomic mass is 9.94. The van der Waals surface area contributed by atoms with Gasteiger partial charge in [-0.15, -0.1) is 0 Å².